The van der Waals surface area contributed by atoms with Gasteiger partial charge >= 0.3 is 5.97 Å². The highest BCUT2D eigenvalue weighted by Gasteiger charge is 2.37. The molecule has 0 aliphatic carbocycles. The number of carbonyl (C=O) groups is 1. The van der Waals surface area contributed by atoms with Crippen molar-refractivity contribution in [3.05, 3.63) is 59.7 Å². The molecular weight excluding hydrogens is 437 g/mol. The fraction of sp³-hybridized carbons (Fsp3) is 0.385. The molecule has 0 radical (unpaired) electrons. The molecule has 7 nitrogen and oxygen atoms in total. The molecular formula is C26H28FN3O4. The Morgan fingerprint density at radius 3 is 2.71 bits per heavy atom. The van der Waals surface area contributed by atoms with Gasteiger partial charge in [-0.05, 0) is 54.8 Å². The Morgan fingerprint density at radius 1 is 1.29 bits per heavy atom. The van der Waals surface area contributed by atoms with Crippen molar-refractivity contribution in [1.29, 1.82) is 0 Å². The van der Waals surface area contributed by atoms with Crippen molar-refractivity contribution in [3.63, 3.8) is 0 Å². The van der Waals surface area contributed by atoms with Gasteiger partial charge in [-0.2, -0.15) is 5.10 Å². The summed E-state index contributed by atoms with van der Waals surface area (Å²) in [6.07, 6.45) is 2.14. The smallest absolute Gasteiger partial charge is 0.332 e. The summed E-state index contributed by atoms with van der Waals surface area (Å²) in [6.45, 7) is 5.05. The van der Waals surface area contributed by atoms with Gasteiger partial charge in [0.05, 0.1) is 30.4 Å². The van der Waals surface area contributed by atoms with E-state index in [1.807, 2.05) is 0 Å². The van der Waals surface area contributed by atoms with Crippen LogP contribution >= 0.6 is 0 Å². The van der Waals surface area contributed by atoms with Crippen LogP contribution in [0.2, 0.25) is 0 Å². The van der Waals surface area contributed by atoms with Crippen molar-refractivity contribution >= 4 is 27.8 Å². The van der Waals surface area contributed by atoms with Gasteiger partial charge in [0.2, 0.25) is 0 Å². The number of aliphatic carboxylic acids is 1. The summed E-state index contributed by atoms with van der Waals surface area (Å²) in [5.74, 6) is -1.21. The first-order chi connectivity index (χ1) is 16.3. The number of H-pyrrole nitrogens is 1. The van der Waals surface area contributed by atoms with Crippen LogP contribution in [0.5, 0.6) is 0 Å². The zero-order chi connectivity index (χ0) is 24.0. The van der Waals surface area contributed by atoms with Gasteiger partial charge in [0.1, 0.15) is 5.82 Å². The third kappa shape index (κ3) is 3.76. The molecule has 8 heteroatoms. The number of carboxylic acid groups (broad SMARTS) is 1. The molecule has 4 aromatic rings. The number of benzene rings is 2. The van der Waals surface area contributed by atoms with E-state index in [2.05, 4.69) is 40.7 Å². The van der Waals surface area contributed by atoms with E-state index < -0.39 is 17.5 Å². The maximum absolute atomic E-state index is 13.8. The topological polar surface area (TPSA) is 89.4 Å². The van der Waals surface area contributed by atoms with Crippen LogP contribution in [0, 0.1) is 5.82 Å². The average Bonchev–Trinajstić information content (AvgIpc) is 3.40. The molecule has 1 saturated heterocycles. The fourth-order valence-electron chi connectivity index (χ4n) is 5.29. The molecule has 0 bridgehead atoms. The van der Waals surface area contributed by atoms with E-state index in [1.165, 1.54) is 12.1 Å². The molecule has 178 valence electrons. The van der Waals surface area contributed by atoms with Gasteiger partial charge in [-0.3, -0.25) is 5.10 Å². The number of halogens is 1. The van der Waals surface area contributed by atoms with Crippen molar-refractivity contribution < 1.29 is 23.8 Å². The van der Waals surface area contributed by atoms with E-state index in [0.29, 0.717) is 26.1 Å². The number of nitrogens with one attached hydrogen (secondary N) is 1. The Morgan fingerprint density at radius 2 is 2.06 bits per heavy atom. The molecule has 2 N–H and O–H groups in total. The molecule has 1 aliphatic rings. The molecule has 0 spiro atoms. The molecule has 1 unspecified atom stereocenters. The fourth-order valence-corrected chi connectivity index (χ4v) is 5.29. The molecule has 2 atom stereocenters. The van der Waals surface area contributed by atoms with Crippen LogP contribution in [0.1, 0.15) is 43.9 Å². The lowest BCUT2D eigenvalue weighted by Gasteiger charge is -2.32. The van der Waals surface area contributed by atoms with Crippen LogP contribution in [0.4, 0.5) is 4.39 Å². The standard InChI is InChI=1S/C26H28FN3O4/c1-26(2,14-33-3)24-23(15-4-9-22(25(31)32)34-13-15)19-11-20-16(12-28-29-20)10-21(19)30(24)18-7-5-17(27)6-8-18/h5-8,10-12,15,22H,4,9,13-14H2,1-3H3,(H,28,29)(H,31,32)/t15-,22?/m1/s1. The highest BCUT2D eigenvalue weighted by molar-refractivity contribution is 5.99. The number of ether oxygens (including phenoxy) is 2. The monoisotopic (exact) mass is 465 g/mol. The van der Waals surface area contributed by atoms with Crippen molar-refractivity contribution in [2.24, 2.45) is 0 Å². The number of hydrogen-bond donors (Lipinski definition) is 2. The zero-order valence-corrected chi connectivity index (χ0v) is 19.5. The lowest BCUT2D eigenvalue weighted by molar-refractivity contribution is -0.153. The van der Waals surface area contributed by atoms with Gasteiger partial charge in [-0.25, -0.2) is 9.18 Å². The van der Waals surface area contributed by atoms with Gasteiger partial charge in [-0.15, -0.1) is 0 Å². The zero-order valence-electron chi connectivity index (χ0n) is 19.5. The number of aromatic amines is 1. The second-order valence-electron chi connectivity index (χ2n) is 9.65. The number of carboxylic acids is 1. The van der Waals surface area contributed by atoms with Crippen molar-refractivity contribution in [1.82, 2.24) is 14.8 Å². The van der Waals surface area contributed by atoms with Crippen molar-refractivity contribution in [2.45, 2.75) is 44.1 Å². The summed E-state index contributed by atoms with van der Waals surface area (Å²) in [4.78, 5) is 11.5. The Bertz CT molecular complexity index is 1350. The molecule has 5 rings (SSSR count). The third-order valence-electron chi connectivity index (χ3n) is 6.76. The highest BCUT2D eigenvalue weighted by atomic mass is 19.1. The Balaban J connectivity index is 1.81. The van der Waals surface area contributed by atoms with Crippen LogP contribution < -0.4 is 0 Å². The van der Waals surface area contributed by atoms with E-state index in [-0.39, 0.29) is 11.7 Å². The van der Waals surface area contributed by atoms with E-state index in [9.17, 15) is 14.3 Å². The average molecular weight is 466 g/mol. The molecule has 3 heterocycles. The Labute approximate surface area is 196 Å². The minimum absolute atomic E-state index is 0.00583. The van der Waals surface area contributed by atoms with Gasteiger partial charge in [0.25, 0.3) is 0 Å². The largest absolute Gasteiger partial charge is 0.479 e. The second kappa shape index (κ2) is 8.52. The number of methoxy groups -OCH3 is 1. The molecule has 0 amide bonds. The maximum atomic E-state index is 13.8. The minimum Gasteiger partial charge on any atom is -0.479 e. The predicted octanol–water partition coefficient (Wildman–Crippen LogP) is 4.92. The highest BCUT2D eigenvalue weighted by Crippen LogP contribution is 2.44. The van der Waals surface area contributed by atoms with E-state index in [4.69, 9.17) is 9.47 Å². The number of hydrogen-bond acceptors (Lipinski definition) is 4. The summed E-state index contributed by atoms with van der Waals surface area (Å²) in [5.41, 5.74) is 4.52. The molecule has 2 aromatic carbocycles. The van der Waals surface area contributed by atoms with Gasteiger partial charge < -0.3 is 19.1 Å². The lowest BCUT2D eigenvalue weighted by atomic mass is 9.80. The normalized spacial score (nSPS) is 19.2. The number of nitrogens with zero attached hydrogens (tertiary/aromatic N) is 2. The molecule has 1 aliphatic heterocycles. The van der Waals surface area contributed by atoms with Crippen LogP contribution in [-0.2, 0) is 19.7 Å². The molecule has 1 fully saturated rings. The number of fused-ring (bicyclic) bond motifs is 2. The maximum Gasteiger partial charge on any atom is 0.332 e. The van der Waals surface area contributed by atoms with E-state index in [1.54, 1.807) is 25.4 Å². The first-order valence-corrected chi connectivity index (χ1v) is 11.4. The molecule has 2 aromatic heterocycles. The second-order valence-corrected chi connectivity index (χ2v) is 9.65. The predicted molar refractivity (Wildman–Crippen MR) is 127 cm³/mol. The van der Waals surface area contributed by atoms with Gasteiger partial charge in [0.15, 0.2) is 6.10 Å². The van der Waals surface area contributed by atoms with Gasteiger partial charge in [0, 0.05) is 40.6 Å². The Hall–Kier alpha value is -3.23. The first-order valence-electron chi connectivity index (χ1n) is 11.4. The minimum atomic E-state index is -0.925. The van der Waals surface area contributed by atoms with Crippen molar-refractivity contribution in [2.75, 3.05) is 20.3 Å². The summed E-state index contributed by atoms with van der Waals surface area (Å²) >= 11 is 0. The third-order valence-corrected chi connectivity index (χ3v) is 6.76. The summed E-state index contributed by atoms with van der Waals surface area (Å²) in [6, 6.07) is 10.7. The van der Waals surface area contributed by atoms with Crippen LogP contribution in [0.15, 0.2) is 42.6 Å². The van der Waals surface area contributed by atoms with E-state index in [0.717, 1.165) is 38.8 Å². The summed E-state index contributed by atoms with van der Waals surface area (Å²) in [7, 11) is 1.68. The SMILES string of the molecule is COCC(C)(C)c1c([C@@H]2CCC(C(=O)O)OC2)c2cc3[nH]ncc3cc2n1-c1ccc(F)cc1. The quantitative estimate of drug-likeness (QED) is 0.422. The molecule has 0 saturated carbocycles. The first kappa shape index (κ1) is 22.6. The summed E-state index contributed by atoms with van der Waals surface area (Å²) < 4.78 is 27.4. The van der Waals surface area contributed by atoms with Crippen LogP contribution in [-0.4, -0.2) is 52.3 Å². The van der Waals surface area contributed by atoms with Crippen molar-refractivity contribution in [3.8, 4) is 5.69 Å². The van der Waals surface area contributed by atoms with E-state index >= 15 is 0 Å². The molecule has 34 heavy (non-hydrogen) atoms. The summed E-state index contributed by atoms with van der Waals surface area (Å²) in [5, 5.41) is 18.7. The Kier molecular flexibility index (Phi) is 5.65. The number of rotatable bonds is 6. The lowest BCUT2D eigenvalue weighted by Crippen LogP contribution is -2.33. The van der Waals surface area contributed by atoms with Crippen LogP contribution in [0.25, 0.3) is 27.5 Å². The number of aromatic nitrogens is 3. The van der Waals surface area contributed by atoms with Gasteiger partial charge in [-0.1, -0.05) is 13.8 Å². The van der Waals surface area contributed by atoms with Crippen LogP contribution in [0.3, 0.4) is 0 Å².